The summed E-state index contributed by atoms with van der Waals surface area (Å²) in [6, 6.07) is 12.0. The van der Waals surface area contributed by atoms with E-state index in [2.05, 4.69) is 9.71 Å². The molecule has 0 saturated heterocycles. The molecule has 0 aliphatic heterocycles. The highest BCUT2D eigenvalue weighted by Gasteiger charge is 2.14. The quantitative estimate of drug-likeness (QED) is 0.602. The van der Waals surface area contributed by atoms with Crippen LogP contribution in [-0.2, 0) is 10.0 Å². The second-order valence-corrected chi connectivity index (χ2v) is 8.03. The van der Waals surface area contributed by atoms with E-state index in [1.165, 1.54) is 24.3 Å². The van der Waals surface area contributed by atoms with Crippen LogP contribution in [0.3, 0.4) is 0 Å². The van der Waals surface area contributed by atoms with Crippen molar-refractivity contribution in [3.05, 3.63) is 59.1 Å². The number of anilines is 1. The predicted octanol–water partition coefficient (Wildman–Crippen LogP) is 3.09. The van der Waals surface area contributed by atoms with E-state index in [1.54, 1.807) is 38.1 Å². The molecule has 1 N–H and O–H groups in total. The summed E-state index contributed by atoms with van der Waals surface area (Å²) in [5, 5.41) is 14.6. The highest BCUT2D eigenvalue weighted by atomic mass is 35.5. The average molecular weight is 394 g/mol. The maximum absolute atomic E-state index is 12.2. The lowest BCUT2D eigenvalue weighted by molar-refractivity contribution is -0.219. The number of carbonyl (C=O) groups is 1. The van der Waals surface area contributed by atoms with Crippen molar-refractivity contribution in [2.45, 2.75) is 25.2 Å². The van der Waals surface area contributed by atoms with Crippen LogP contribution in [0.25, 0.3) is 0 Å². The summed E-state index contributed by atoms with van der Waals surface area (Å²) in [6.07, 6.45) is 0.0607. The zero-order valence-electron chi connectivity index (χ0n) is 14.3. The monoisotopic (exact) mass is 393 g/mol. The molecule has 0 aromatic heterocycles. The highest BCUT2D eigenvalue weighted by molar-refractivity contribution is 7.90. The van der Waals surface area contributed by atoms with Crippen molar-refractivity contribution >= 4 is 39.1 Å². The SMILES string of the molecule is CC(C)CC([O-])=NS(=O)(=O)c1ccc(NC(=O)c2ccccc2Cl)cc1. The molecular formula is C18H18ClN2O4S-. The number of halogens is 1. The molecule has 0 bridgehead atoms. The molecule has 1 amide bonds. The van der Waals surface area contributed by atoms with Crippen molar-refractivity contribution in [2.24, 2.45) is 10.3 Å². The molecule has 0 aliphatic rings. The van der Waals surface area contributed by atoms with Crippen molar-refractivity contribution in [3.63, 3.8) is 0 Å². The van der Waals surface area contributed by atoms with Gasteiger partial charge in [0.25, 0.3) is 15.9 Å². The third-order valence-electron chi connectivity index (χ3n) is 3.33. The standard InChI is InChI=1S/C18H19ClN2O4S/c1-12(2)11-17(22)21-26(24,25)14-9-7-13(8-10-14)20-18(23)15-5-3-4-6-16(15)19/h3-10,12H,11H2,1-2H3,(H,20,23)(H,21,22)/p-1. The molecule has 138 valence electrons. The van der Waals surface area contributed by atoms with Gasteiger partial charge in [-0.2, -0.15) is 12.8 Å². The van der Waals surface area contributed by atoms with Crippen LogP contribution in [0.4, 0.5) is 5.69 Å². The molecule has 0 unspecified atom stereocenters. The molecule has 0 aliphatic carbocycles. The first-order valence-electron chi connectivity index (χ1n) is 7.86. The summed E-state index contributed by atoms with van der Waals surface area (Å²) in [5.74, 6) is -1.08. The fraction of sp³-hybridized carbons (Fsp3) is 0.222. The third kappa shape index (κ3) is 5.31. The van der Waals surface area contributed by atoms with Crippen LogP contribution in [0.1, 0.15) is 30.6 Å². The molecule has 26 heavy (non-hydrogen) atoms. The lowest BCUT2D eigenvalue weighted by Crippen LogP contribution is -2.21. The zero-order chi connectivity index (χ0) is 19.3. The molecule has 0 fully saturated rings. The van der Waals surface area contributed by atoms with Crippen LogP contribution in [0.2, 0.25) is 5.02 Å². The minimum Gasteiger partial charge on any atom is -0.861 e. The van der Waals surface area contributed by atoms with Crippen molar-refractivity contribution in [3.8, 4) is 0 Å². The molecule has 6 nitrogen and oxygen atoms in total. The van der Waals surface area contributed by atoms with Gasteiger partial charge in [-0.05, 0) is 54.6 Å². The Balaban J connectivity index is 2.15. The lowest BCUT2D eigenvalue weighted by Gasteiger charge is -2.12. The van der Waals surface area contributed by atoms with Crippen molar-refractivity contribution in [1.82, 2.24) is 0 Å². The smallest absolute Gasteiger partial charge is 0.281 e. The van der Waals surface area contributed by atoms with E-state index in [0.717, 1.165) is 0 Å². The van der Waals surface area contributed by atoms with Crippen LogP contribution in [-0.4, -0.2) is 20.2 Å². The number of nitrogens with zero attached hydrogens (tertiary/aromatic N) is 1. The number of hydrogen-bond acceptors (Lipinski definition) is 4. The fourth-order valence-corrected chi connectivity index (χ4v) is 3.28. The fourth-order valence-electron chi connectivity index (χ4n) is 2.13. The Morgan fingerprint density at radius 3 is 2.35 bits per heavy atom. The average Bonchev–Trinajstić information content (AvgIpc) is 2.54. The summed E-state index contributed by atoms with van der Waals surface area (Å²) < 4.78 is 27.6. The van der Waals surface area contributed by atoms with E-state index in [1.807, 2.05) is 0 Å². The molecule has 2 aromatic rings. The molecule has 0 radical (unpaired) electrons. The summed E-state index contributed by atoms with van der Waals surface area (Å²) in [7, 11) is -4.07. The Hall–Kier alpha value is -2.38. The minimum atomic E-state index is -4.07. The van der Waals surface area contributed by atoms with E-state index in [9.17, 15) is 18.3 Å². The molecule has 0 heterocycles. The summed E-state index contributed by atoms with van der Waals surface area (Å²) >= 11 is 5.97. The lowest BCUT2D eigenvalue weighted by atomic mass is 10.1. The van der Waals surface area contributed by atoms with E-state index >= 15 is 0 Å². The van der Waals surface area contributed by atoms with Crippen LogP contribution >= 0.6 is 11.6 Å². The van der Waals surface area contributed by atoms with Crippen LogP contribution in [0.15, 0.2) is 57.8 Å². The molecule has 0 atom stereocenters. The first-order valence-corrected chi connectivity index (χ1v) is 9.67. The number of sulfonamides is 1. The van der Waals surface area contributed by atoms with Crippen molar-refractivity contribution in [2.75, 3.05) is 5.32 Å². The number of rotatable bonds is 6. The molecule has 0 spiro atoms. The molecular weight excluding hydrogens is 376 g/mol. The van der Waals surface area contributed by atoms with Gasteiger partial charge in [-0.1, -0.05) is 37.6 Å². The topological polar surface area (TPSA) is 98.7 Å². The number of carbonyl (C=O) groups excluding carboxylic acids is 1. The largest absolute Gasteiger partial charge is 0.861 e. The number of hydrogen-bond donors (Lipinski definition) is 1. The molecule has 8 heteroatoms. The summed E-state index contributed by atoms with van der Waals surface area (Å²) in [6.45, 7) is 3.60. The maximum Gasteiger partial charge on any atom is 0.281 e. The van der Waals surface area contributed by atoms with E-state index in [0.29, 0.717) is 16.3 Å². The van der Waals surface area contributed by atoms with Gasteiger partial charge in [-0.3, -0.25) is 4.79 Å². The normalized spacial score (nSPS) is 12.2. The van der Waals surface area contributed by atoms with Gasteiger partial charge in [0.15, 0.2) is 0 Å². The summed E-state index contributed by atoms with van der Waals surface area (Å²) in [4.78, 5) is 12.1. The zero-order valence-corrected chi connectivity index (χ0v) is 15.8. The first-order chi connectivity index (χ1) is 12.2. The van der Waals surface area contributed by atoms with E-state index in [4.69, 9.17) is 11.6 Å². The van der Waals surface area contributed by atoms with Gasteiger partial charge >= 0.3 is 0 Å². The summed E-state index contributed by atoms with van der Waals surface area (Å²) in [5.41, 5.74) is 0.697. The highest BCUT2D eigenvalue weighted by Crippen LogP contribution is 2.20. The Bertz CT molecular complexity index is 922. The number of nitrogens with one attached hydrogen (secondary N) is 1. The van der Waals surface area contributed by atoms with Gasteiger partial charge in [0, 0.05) is 5.69 Å². The van der Waals surface area contributed by atoms with Crippen LogP contribution < -0.4 is 10.4 Å². The molecule has 2 aromatic carbocycles. The Kier molecular flexibility index (Phi) is 6.39. The number of benzene rings is 2. The predicted molar refractivity (Wildman–Crippen MR) is 99.9 cm³/mol. The Labute approximate surface area is 157 Å². The van der Waals surface area contributed by atoms with Gasteiger partial charge in [-0.15, -0.1) is 0 Å². The van der Waals surface area contributed by atoms with Crippen molar-refractivity contribution < 1.29 is 18.3 Å². The van der Waals surface area contributed by atoms with Crippen LogP contribution in [0, 0.1) is 5.92 Å². The van der Waals surface area contributed by atoms with Gasteiger partial charge in [-0.25, -0.2) is 0 Å². The van der Waals surface area contributed by atoms with Gasteiger partial charge in [0.1, 0.15) is 0 Å². The van der Waals surface area contributed by atoms with Gasteiger partial charge < -0.3 is 10.4 Å². The van der Waals surface area contributed by atoms with Crippen molar-refractivity contribution in [1.29, 1.82) is 0 Å². The van der Waals surface area contributed by atoms with Gasteiger partial charge in [0.2, 0.25) is 0 Å². The van der Waals surface area contributed by atoms with E-state index < -0.39 is 21.8 Å². The Morgan fingerprint density at radius 2 is 1.77 bits per heavy atom. The second kappa shape index (κ2) is 8.33. The van der Waals surface area contributed by atoms with Crippen LogP contribution in [0.5, 0.6) is 0 Å². The maximum atomic E-state index is 12.2. The Morgan fingerprint density at radius 1 is 1.15 bits per heavy atom. The minimum absolute atomic E-state index is 0.0175. The third-order valence-corrected chi connectivity index (χ3v) is 4.97. The first kappa shape index (κ1) is 19.9. The van der Waals surface area contributed by atoms with E-state index in [-0.39, 0.29) is 17.2 Å². The van der Waals surface area contributed by atoms with Gasteiger partial charge in [0.05, 0.1) is 15.5 Å². The second-order valence-electron chi connectivity index (χ2n) is 6.02. The molecule has 2 rings (SSSR count). The molecule has 0 saturated carbocycles. The number of amides is 1.